The van der Waals surface area contributed by atoms with Crippen molar-refractivity contribution in [1.82, 2.24) is 9.97 Å². The van der Waals surface area contributed by atoms with Gasteiger partial charge < -0.3 is 10.7 Å². The molecule has 0 radical (unpaired) electrons. The lowest BCUT2D eigenvalue weighted by atomic mass is 10.2. The van der Waals surface area contributed by atoms with Gasteiger partial charge in [-0.3, -0.25) is 0 Å². The summed E-state index contributed by atoms with van der Waals surface area (Å²) in [4.78, 5) is 7.46. The van der Waals surface area contributed by atoms with Crippen molar-refractivity contribution in [2.24, 2.45) is 5.73 Å². The van der Waals surface area contributed by atoms with Crippen LogP contribution in [0.5, 0.6) is 0 Å². The first-order valence-corrected chi connectivity index (χ1v) is 4.95. The molecule has 76 valence electrons. The summed E-state index contributed by atoms with van der Waals surface area (Å²) in [5.74, 6) is 0.944. The summed E-state index contributed by atoms with van der Waals surface area (Å²) in [5, 5.41) is 0. The zero-order chi connectivity index (χ0) is 10.6. The molecule has 0 fully saturated rings. The van der Waals surface area contributed by atoms with Gasteiger partial charge in [0.15, 0.2) is 0 Å². The van der Waals surface area contributed by atoms with Gasteiger partial charge in [-0.25, -0.2) is 4.98 Å². The minimum atomic E-state index is 0.577. The van der Waals surface area contributed by atoms with Gasteiger partial charge >= 0.3 is 0 Å². The molecule has 14 heavy (non-hydrogen) atoms. The number of benzene rings is 1. The molecule has 1 aromatic heterocycles. The van der Waals surface area contributed by atoms with E-state index >= 15 is 0 Å². The molecule has 0 atom stereocenters. The van der Waals surface area contributed by atoms with E-state index in [1.807, 2.05) is 39.0 Å². The number of aromatic amines is 1. The van der Waals surface area contributed by atoms with Gasteiger partial charge in [0, 0.05) is 6.54 Å². The summed E-state index contributed by atoms with van der Waals surface area (Å²) in [6.45, 7) is 6.52. The molecular formula is C11H17N3. The number of aryl methyl sites for hydroxylation is 1. The van der Waals surface area contributed by atoms with Crippen LogP contribution in [0.2, 0.25) is 0 Å². The van der Waals surface area contributed by atoms with E-state index < -0.39 is 0 Å². The second-order valence-electron chi connectivity index (χ2n) is 2.88. The minimum Gasteiger partial charge on any atom is -0.342 e. The summed E-state index contributed by atoms with van der Waals surface area (Å²) < 4.78 is 0. The predicted molar refractivity (Wildman–Crippen MR) is 60.1 cm³/mol. The summed E-state index contributed by atoms with van der Waals surface area (Å²) in [7, 11) is 0. The van der Waals surface area contributed by atoms with Crippen LogP contribution >= 0.6 is 0 Å². The van der Waals surface area contributed by atoms with Gasteiger partial charge in [-0.2, -0.15) is 0 Å². The molecule has 1 aromatic carbocycles. The number of nitrogens with one attached hydrogen (secondary N) is 1. The lowest BCUT2D eigenvalue weighted by molar-refractivity contribution is 1.07. The zero-order valence-corrected chi connectivity index (χ0v) is 8.96. The quantitative estimate of drug-likeness (QED) is 0.727. The number of nitrogens with zero attached hydrogens (tertiary/aromatic N) is 1. The van der Waals surface area contributed by atoms with Crippen LogP contribution in [0.1, 0.15) is 25.2 Å². The summed E-state index contributed by atoms with van der Waals surface area (Å²) in [6.07, 6.45) is 0. The van der Waals surface area contributed by atoms with Crippen molar-refractivity contribution in [3.63, 3.8) is 0 Å². The van der Waals surface area contributed by atoms with Gasteiger partial charge in [-0.1, -0.05) is 19.9 Å². The van der Waals surface area contributed by atoms with Crippen LogP contribution in [0.4, 0.5) is 0 Å². The smallest absolute Gasteiger partial charge is 0.104 e. The van der Waals surface area contributed by atoms with Crippen LogP contribution in [-0.2, 0) is 6.54 Å². The summed E-state index contributed by atoms with van der Waals surface area (Å²) >= 11 is 0. The highest BCUT2D eigenvalue weighted by Crippen LogP contribution is 2.12. The third-order valence-electron chi connectivity index (χ3n) is 1.90. The second-order valence-corrected chi connectivity index (χ2v) is 2.88. The number of nitrogens with two attached hydrogens (primary N) is 1. The Bertz CT molecular complexity index is 404. The molecule has 0 unspecified atom stereocenters. The van der Waals surface area contributed by atoms with Crippen molar-refractivity contribution in [3.05, 3.63) is 29.6 Å². The molecule has 0 saturated heterocycles. The van der Waals surface area contributed by atoms with E-state index in [1.54, 1.807) is 0 Å². The van der Waals surface area contributed by atoms with Crippen molar-refractivity contribution < 1.29 is 0 Å². The Kier molecular flexibility index (Phi) is 3.65. The van der Waals surface area contributed by atoms with E-state index in [2.05, 4.69) is 9.97 Å². The van der Waals surface area contributed by atoms with Crippen LogP contribution in [0.3, 0.4) is 0 Å². The number of hydrogen-bond acceptors (Lipinski definition) is 2. The van der Waals surface area contributed by atoms with Gasteiger partial charge in [-0.05, 0) is 24.6 Å². The van der Waals surface area contributed by atoms with Crippen molar-refractivity contribution in [1.29, 1.82) is 0 Å². The third kappa shape index (κ3) is 2.12. The number of fused-ring (bicyclic) bond motifs is 1. The van der Waals surface area contributed by atoms with Crippen LogP contribution in [0, 0.1) is 6.92 Å². The average molecular weight is 191 g/mol. The predicted octanol–water partition coefficient (Wildman–Crippen LogP) is 2.36. The largest absolute Gasteiger partial charge is 0.342 e. The van der Waals surface area contributed by atoms with Crippen molar-refractivity contribution >= 4 is 11.0 Å². The fraction of sp³-hybridized carbons (Fsp3) is 0.364. The Hall–Kier alpha value is -1.35. The molecule has 0 amide bonds. The molecule has 0 spiro atoms. The molecule has 0 aliphatic rings. The maximum atomic E-state index is 5.51. The Morgan fingerprint density at radius 1 is 1.36 bits per heavy atom. The van der Waals surface area contributed by atoms with E-state index in [0.29, 0.717) is 6.54 Å². The number of rotatable bonds is 1. The molecular weight excluding hydrogens is 174 g/mol. The van der Waals surface area contributed by atoms with Gasteiger partial charge in [0.1, 0.15) is 5.82 Å². The van der Waals surface area contributed by atoms with Gasteiger partial charge in [0.05, 0.1) is 11.0 Å². The normalized spacial score (nSPS) is 9.71. The molecule has 1 heterocycles. The van der Waals surface area contributed by atoms with E-state index in [0.717, 1.165) is 22.4 Å². The molecule has 3 nitrogen and oxygen atoms in total. The molecule has 0 bridgehead atoms. The van der Waals surface area contributed by atoms with E-state index in [1.165, 1.54) is 0 Å². The van der Waals surface area contributed by atoms with Crippen molar-refractivity contribution in [3.8, 4) is 0 Å². The molecule has 3 heteroatoms. The van der Waals surface area contributed by atoms with Gasteiger partial charge in [0.25, 0.3) is 0 Å². The van der Waals surface area contributed by atoms with Crippen LogP contribution in [0.15, 0.2) is 18.2 Å². The van der Waals surface area contributed by atoms with Crippen LogP contribution < -0.4 is 5.73 Å². The molecule has 0 aliphatic carbocycles. The Labute approximate surface area is 84.3 Å². The van der Waals surface area contributed by atoms with Crippen LogP contribution in [0.25, 0.3) is 11.0 Å². The molecule has 0 aliphatic heterocycles. The van der Waals surface area contributed by atoms with Crippen molar-refractivity contribution in [2.75, 3.05) is 0 Å². The van der Waals surface area contributed by atoms with E-state index in [4.69, 9.17) is 5.73 Å². The molecule has 2 aromatic rings. The highest BCUT2D eigenvalue weighted by Gasteiger charge is 1.98. The fourth-order valence-electron chi connectivity index (χ4n) is 1.31. The Balaban J connectivity index is 0.000000461. The number of aromatic nitrogens is 2. The molecule has 0 saturated carbocycles. The number of imidazole rings is 1. The third-order valence-corrected chi connectivity index (χ3v) is 1.90. The average Bonchev–Trinajstić information content (AvgIpc) is 2.59. The summed E-state index contributed by atoms with van der Waals surface area (Å²) in [6, 6.07) is 6.03. The van der Waals surface area contributed by atoms with Gasteiger partial charge in [-0.15, -0.1) is 0 Å². The fourth-order valence-corrected chi connectivity index (χ4v) is 1.31. The number of hydrogen-bond donors (Lipinski definition) is 2. The van der Waals surface area contributed by atoms with Crippen LogP contribution in [-0.4, -0.2) is 9.97 Å². The maximum absolute atomic E-state index is 5.51. The Morgan fingerprint density at radius 3 is 2.71 bits per heavy atom. The maximum Gasteiger partial charge on any atom is 0.104 e. The highest BCUT2D eigenvalue weighted by atomic mass is 14.9. The lowest BCUT2D eigenvalue weighted by Gasteiger charge is -1.93. The topological polar surface area (TPSA) is 54.7 Å². The zero-order valence-electron chi connectivity index (χ0n) is 8.96. The lowest BCUT2D eigenvalue weighted by Crippen LogP contribution is -1.95. The molecule has 2 rings (SSSR count). The number of H-pyrrole nitrogens is 1. The molecule has 3 N–H and O–H groups in total. The first-order valence-electron chi connectivity index (χ1n) is 4.95. The minimum absolute atomic E-state index is 0.577. The second kappa shape index (κ2) is 4.77. The van der Waals surface area contributed by atoms with Crippen molar-refractivity contribution in [2.45, 2.75) is 27.3 Å². The SMILES string of the molecule is CC.Cc1nc2ccc(CN)cc2[nH]1. The van der Waals surface area contributed by atoms with Gasteiger partial charge in [0.2, 0.25) is 0 Å². The van der Waals surface area contributed by atoms with E-state index in [-0.39, 0.29) is 0 Å². The van der Waals surface area contributed by atoms with E-state index in [9.17, 15) is 0 Å². The highest BCUT2D eigenvalue weighted by molar-refractivity contribution is 5.75. The first kappa shape index (κ1) is 10.7. The first-order chi connectivity index (χ1) is 6.79. The monoisotopic (exact) mass is 191 g/mol. The Morgan fingerprint density at radius 2 is 2.07 bits per heavy atom. The standard InChI is InChI=1S/C9H11N3.C2H6/c1-6-11-8-3-2-7(5-10)4-9(8)12-6;1-2/h2-4H,5,10H2,1H3,(H,11,12);1-2H3. The summed E-state index contributed by atoms with van der Waals surface area (Å²) in [5.41, 5.74) is 8.71.